The number of pyridine rings is 1. The van der Waals surface area contributed by atoms with Crippen molar-refractivity contribution in [3.63, 3.8) is 0 Å². The minimum absolute atomic E-state index is 0.0765. The van der Waals surface area contributed by atoms with E-state index in [9.17, 15) is 18.0 Å². The van der Waals surface area contributed by atoms with Crippen molar-refractivity contribution in [2.24, 2.45) is 0 Å². The van der Waals surface area contributed by atoms with Crippen LogP contribution >= 0.6 is 0 Å². The Morgan fingerprint density at radius 2 is 1.87 bits per heavy atom. The first kappa shape index (κ1) is 20.6. The van der Waals surface area contributed by atoms with Gasteiger partial charge in [-0.2, -0.15) is 13.2 Å². The molecule has 1 N–H and O–H groups in total. The molecule has 158 valence electrons. The lowest BCUT2D eigenvalue weighted by Gasteiger charge is -2.11. The van der Waals surface area contributed by atoms with Gasteiger partial charge in [0.05, 0.1) is 5.56 Å². The van der Waals surface area contributed by atoms with Crippen molar-refractivity contribution in [1.29, 1.82) is 0 Å². The maximum absolute atomic E-state index is 12.9. The number of halogens is 3. The number of anilines is 1. The first-order valence-electron chi connectivity index (χ1n) is 9.77. The number of aromatic nitrogens is 3. The Morgan fingerprint density at radius 1 is 1.06 bits per heavy atom. The highest BCUT2D eigenvalue weighted by atomic mass is 19.4. The van der Waals surface area contributed by atoms with Gasteiger partial charge in [-0.15, -0.1) is 0 Å². The van der Waals surface area contributed by atoms with Gasteiger partial charge in [0.25, 0.3) is 5.91 Å². The van der Waals surface area contributed by atoms with Crippen molar-refractivity contribution >= 4 is 22.8 Å². The van der Waals surface area contributed by atoms with Gasteiger partial charge in [-0.05, 0) is 48.9 Å². The third kappa shape index (κ3) is 4.28. The van der Waals surface area contributed by atoms with Gasteiger partial charge < -0.3 is 9.88 Å². The lowest BCUT2D eigenvalue weighted by atomic mass is 10.1. The maximum Gasteiger partial charge on any atom is 0.416 e. The number of benzene rings is 2. The highest BCUT2D eigenvalue weighted by molar-refractivity contribution is 6.05. The van der Waals surface area contributed by atoms with Crippen LogP contribution in [0.25, 0.3) is 22.6 Å². The minimum Gasteiger partial charge on any atom is -0.322 e. The van der Waals surface area contributed by atoms with E-state index in [-0.39, 0.29) is 5.69 Å². The lowest BCUT2D eigenvalue weighted by Crippen LogP contribution is -2.13. The summed E-state index contributed by atoms with van der Waals surface area (Å²) in [6.07, 6.45) is -1.89. The van der Waals surface area contributed by atoms with Crippen molar-refractivity contribution in [2.75, 3.05) is 5.32 Å². The Morgan fingerprint density at radius 3 is 2.65 bits per heavy atom. The average molecular weight is 424 g/mol. The first-order chi connectivity index (χ1) is 14.9. The molecule has 0 saturated carbocycles. The van der Waals surface area contributed by atoms with Gasteiger partial charge >= 0.3 is 6.18 Å². The summed E-state index contributed by atoms with van der Waals surface area (Å²) in [4.78, 5) is 21.8. The molecular weight excluding hydrogens is 405 g/mol. The molecule has 0 aliphatic rings. The first-order valence-corrected chi connectivity index (χ1v) is 9.77. The van der Waals surface area contributed by atoms with Crippen molar-refractivity contribution in [1.82, 2.24) is 14.5 Å². The molecular formula is C23H19F3N4O. The highest BCUT2D eigenvalue weighted by Gasteiger charge is 2.30. The molecule has 4 aromatic rings. The molecule has 0 fully saturated rings. The monoisotopic (exact) mass is 424 g/mol. The molecule has 0 bridgehead atoms. The number of alkyl halides is 3. The van der Waals surface area contributed by atoms with E-state index < -0.39 is 17.6 Å². The zero-order valence-electron chi connectivity index (χ0n) is 16.6. The number of amides is 1. The summed E-state index contributed by atoms with van der Waals surface area (Å²) >= 11 is 0. The second kappa shape index (κ2) is 8.22. The van der Waals surface area contributed by atoms with Gasteiger partial charge in [0, 0.05) is 29.6 Å². The number of fused-ring (bicyclic) bond motifs is 1. The van der Waals surface area contributed by atoms with Crippen LogP contribution in [0.1, 0.15) is 29.3 Å². The number of hydrogen-bond donors (Lipinski definition) is 1. The third-order valence-electron chi connectivity index (χ3n) is 4.78. The molecule has 0 aliphatic heterocycles. The number of rotatable bonds is 5. The van der Waals surface area contributed by atoms with Crippen LogP contribution in [0.2, 0.25) is 0 Å². The molecule has 2 aromatic heterocycles. The molecule has 0 unspecified atom stereocenters. The molecule has 0 saturated heterocycles. The molecule has 2 aromatic carbocycles. The molecule has 1 amide bonds. The lowest BCUT2D eigenvalue weighted by molar-refractivity contribution is -0.137. The fourth-order valence-corrected chi connectivity index (χ4v) is 3.39. The molecule has 4 rings (SSSR count). The standard InChI is InChI=1S/C23H19F3N4O/c1-2-12-30-20(29-19-10-5-11-27-21(19)30)15-6-3-7-16(13-15)22(31)28-18-9-4-8-17(14-18)23(24,25)26/h3-11,13-14H,2,12H2,1H3,(H,28,31). The summed E-state index contributed by atoms with van der Waals surface area (Å²) in [5.74, 6) is 0.182. The van der Waals surface area contributed by atoms with Crippen LogP contribution in [-0.2, 0) is 12.7 Å². The van der Waals surface area contributed by atoms with E-state index in [1.54, 1.807) is 24.4 Å². The number of nitrogens with zero attached hydrogens (tertiary/aromatic N) is 3. The van der Waals surface area contributed by atoms with Crippen LogP contribution in [0, 0.1) is 0 Å². The Balaban J connectivity index is 1.66. The van der Waals surface area contributed by atoms with Crippen LogP contribution < -0.4 is 5.32 Å². The highest BCUT2D eigenvalue weighted by Crippen LogP contribution is 2.31. The Labute approximate surface area is 176 Å². The summed E-state index contributed by atoms with van der Waals surface area (Å²) < 4.78 is 40.8. The van der Waals surface area contributed by atoms with Crippen LogP contribution in [-0.4, -0.2) is 20.4 Å². The zero-order valence-corrected chi connectivity index (χ0v) is 16.6. The largest absolute Gasteiger partial charge is 0.416 e. The van der Waals surface area contributed by atoms with Crippen molar-refractivity contribution in [3.8, 4) is 11.4 Å². The van der Waals surface area contributed by atoms with Gasteiger partial charge in [0.1, 0.15) is 11.3 Å². The summed E-state index contributed by atoms with van der Waals surface area (Å²) in [6.45, 7) is 2.76. The van der Waals surface area contributed by atoms with Gasteiger partial charge in [-0.3, -0.25) is 4.79 Å². The number of carbonyl (C=O) groups excluding carboxylic acids is 1. The SMILES string of the molecule is CCCn1c(-c2cccc(C(=O)Nc3cccc(C(F)(F)F)c3)c2)nc2cccnc21. The van der Waals surface area contributed by atoms with Crippen molar-refractivity contribution < 1.29 is 18.0 Å². The fraction of sp³-hybridized carbons (Fsp3) is 0.174. The normalized spacial score (nSPS) is 11.6. The maximum atomic E-state index is 12.9. The smallest absolute Gasteiger partial charge is 0.322 e. The van der Waals surface area contributed by atoms with Crippen LogP contribution in [0.3, 0.4) is 0 Å². The molecule has 5 nitrogen and oxygen atoms in total. The molecule has 31 heavy (non-hydrogen) atoms. The van der Waals surface area contributed by atoms with Gasteiger partial charge in [0.15, 0.2) is 5.65 Å². The van der Waals surface area contributed by atoms with Crippen LogP contribution in [0.4, 0.5) is 18.9 Å². The minimum atomic E-state index is -4.48. The second-order valence-electron chi connectivity index (χ2n) is 7.05. The van der Waals surface area contributed by atoms with E-state index in [0.717, 1.165) is 35.3 Å². The Bertz CT molecular complexity index is 1250. The molecule has 8 heteroatoms. The molecule has 0 atom stereocenters. The number of carbonyl (C=O) groups is 1. The average Bonchev–Trinajstić information content (AvgIpc) is 3.12. The number of nitrogens with one attached hydrogen (secondary N) is 1. The fourth-order valence-electron chi connectivity index (χ4n) is 3.39. The zero-order chi connectivity index (χ0) is 22.0. The van der Waals surface area contributed by atoms with E-state index in [0.29, 0.717) is 17.9 Å². The summed E-state index contributed by atoms with van der Waals surface area (Å²) in [5, 5.41) is 2.54. The topological polar surface area (TPSA) is 59.8 Å². The third-order valence-corrected chi connectivity index (χ3v) is 4.78. The molecule has 0 spiro atoms. The molecule has 2 heterocycles. The van der Waals surface area contributed by atoms with Gasteiger partial charge in [-0.25, -0.2) is 9.97 Å². The van der Waals surface area contributed by atoms with Gasteiger partial charge in [0.2, 0.25) is 0 Å². The quantitative estimate of drug-likeness (QED) is 0.442. The van der Waals surface area contributed by atoms with E-state index in [2.05, 4.69) is 22.2 Å². The van der Waals surface area contributed by atoms with Crippen molar-refractivity contribution in [2.45, 2.75) is 26.1 Å². The molecule has 0 aliphatic carbocycles. The van der Waals surface area contributed by atoms with E-state index in [1.807, 2.05) is 22.8 Å². The van der Waals surface area contributed by atoms with E-state index in [1.165, 1.54) is 12.1 Å². The summed E-state index contributed by atoms with van der Waals surface area (Å²) in [5.41, 5.74) is 1.82. The summed E-state index contributed by atoms with van der Waals surface area (Å²) in [6, 6.07) is 15.1. The molecule has 0 radical (unpaired) electrons. The van der Waals surface area contributed by atoms with Crippen molar-refractivity contribution in [3.05, 3.63) is 78.0 Å². The Kier molecular flexibility index (Phi) is 5.46. The van der Waals surface area contributed by atoms with Crippen LogP contribution in [0.15, 0.2) is 66.9 Å². The Hall–Kier alpha value is -3.68. The van der Waals surface area contributed by atoms with Gasteiger partial charge in [-0.1, -0.05) is 25.1 Å². The summed E-state index contributed by atoms with van der Waals surface area (Å²) in [7, 11) is 0. The predicted molar refractivity (Wildman–Crippen MR) is 113 cm³/mol. The van der Waals surface area contributed by atoms with E-state index in [4.69, 9.17) is 0 Å². The predicted octanol–water partition coefficient (Wildman–Crippen LogP) is 5.78. The number of imidazole rings is 1. The number of hydrogen-bond acceptors (Lipinski definition) is 3. The van der Waals surface area contributed by atoms with Crippen LogP contribution in [0.5, 0.6) is 0 Å². The second-order valence-corrected chi connectivity index (χ2v) is 7.05. The number of aryl methyl sites for hydroxylation is 1. The van der Waals surface area contributed by atoms with E-state index >= 15 is 0 Å².